The number of ether oxygens (including phenoxy) is 3. The second-order valence-electron chi connectivity index (χ2n) is 8.51. The maximum atomic E-state index is 13.4. The van der Waals surface area contributed by atoms with E-state index in [0.29, 0.717) is 52.8 Å². The molecule has 184 valence electrons. The van der Waals surface area contributed by atoms with Crippen LogP contribution >= 0.6 is 22.6 Å². The molecule has 0 saturated heterocycles. The van der Waals surface area contributed by atoms with Crippen molar-refractivity contribution >= 4 is 46.0 Å². The monoisotopic (exact) mass is 589 g/mol. The molecular formula is C23H26F2IN3O5. The van der Waals surface area contributed by atoms with Gasteiger partial charge in [0.25, 0.3) is 0 Å². The number of rotatable bonds is 9. The fourth-order valence-electron chi connectivity index (χ4n) is 3.36. The molecule has 11 heteroatoms. The van der Waals surface area contributed by atoms with Crippen LogP contribution in [0.2, 0.25) is 0 Å². The zero-order valence-corrected chi connectivity index (χ0v) is 21.1. The van der Waals surface area contributed by atoms with Crippen LogP contribution in [0.15, 0.2) is 33.1 Å². The van der Waals surface area contributed by atoms with Gasteiger partial charge in [-0.15, -0.1) is 0 Å². The molecule has 1 amide bonds. The van der Waals surface area contributed by atoms with Gasteiger partial charge in [-0.1, -0.05) is 0 Å². The Balaban J connectivity index is 1.51. The average Bonchev–Trinajstić information content (AvgIpc) is 3.50. The summed E-state index contributed by atoms with van der Waals surface area (Å²) in [5, 5.41) is 2.74. The number of nitrogens with zero attached hydrogens (tertiary/aromatic N) is 2. The van der Waals surface area contributed by atoms with Crippen LogP contribution in [0.4, 0.5) is 8.78 Å². The Hall–Kier alpha value is -2.44. The van der Waals surface area contributed by atoms with E-state index < -0.39 is 10.5 Å². The van der Waals surface area contributed by atoms with Crippen LogP contribution in [0.25, 0.3) is 11.6 Å². The second-order valence-corrected chi connectivity index (χ2v) is 10.1. The Morgan fingerprint density at radius 1 is 1.29 bits per heavy atom. The Morgan fingerprint density at radius 2 is 2.09 bits per heavy atom. The number of halogens is 3. The number of aromatic nitrogens is 1. The van der Waals surface area contributed by atoms with Crippen molar-refractivity contribution in [2.75, 3.05) is 19.8 Å². The molecule has 2 heterocycles. The Morgan fingerprint density at radius 3 is 2.79 bits per heavy atom. The minimum absolute atomic E-state index is 0.133. The summed E-state index contributed by atoms with van der Waals surface area (Å²) >= 11 is 1.05. The van der Waals surface area contributed by atoms with Crippen molar-refractivity contribution in [3.05, 3.63) is 40.3 Å². The first kappa shape index (κ1) is 24.7. The molecule has 1 aromatic heterocycles. The first-order valence-electron chi connectivity index (χ1n) is 11.1. The van der Waals surface area contributed by atoms with Crippen LogP contribution in [0, 0.1) is 5.92 Å². The van der Waals surface area contributed by atoms with Gasteiger partial charge < -0.3 is 23.9 Å². The van der Waals surface area contributed by atoms with Crippen LogP contribution in [-0.2, 0) is 25.5 Å². The number of allylic oxidation sites excluding steroid dienone is 2. The number of aliphatic imine (C=N–C) groups is 1. The molecule has 0 spiro atoms. The van der Waals surface area contributed by atoms with Crippen molar-refractivity contribution in [1.29, 1.82) is 0 Å². The topological polar surface area (TPSA) is 95.2 Å². The third-order valence-corrected chi connectivity index (χ3v) is 5.50. The number of amides is 1. The second kappa shape index (κ2) is 10.4. The highest BCUT2D eigenvalue weighted by atomic mass is 127. The number of carbonyl (C=O) groups excluding carboxylic acids is 1. The minimum atomic E-state index is -3.00. The summed E-state index contributed by atoms with van der Waals surface area (Å²) in [6.45, 7) is 3.61. The van der Waals surface area contributed by atoms with Crippen LogP contribution in [0.5, 0.6) is 0 Å². The SMILES string of the molecule is CC(=O)N[C@@H](C)COC1=NCc2nc(=C3C=C(OCC(F)(F)I)C(OCC4CC4)=CC3)oc2=C1. The lowest BCUT2D eigenvalue weighted by Crippen LogP contribution is -2.35. The van der Waals surface area contributed by atoms with Gasteiger partial charge in [0.05, 0.1) is 19.2 Å². The molecule has 2 aliphatic carbocycles. The fraction of sp³-hybridized carbons (Fsp3) is 0.522. The first-order valence-corrected chi connectivity index (χ1v) is 12.1. The number of alkyl halides is 3. The summed E-state index contributed by atoms with van der Waals surface area (Å²) in [5.74, 6) is 1.48. The molecule has 1 aromatic rings. The fourth-order valence-corrected chi connectivity index (χ4v) is 3.51. The molecule has 0 radical (unpaired) electrons. The molecule has 0 aromatic carbocycles. The Bertz CT molecular complexity index is 1150. The molecule has 0 unspecified atom stereocenters. The molecule has 1 fully saturated rings. The summed E-state index contributed by atoms with van der Waals surface area (Å²) in [4.78, 5) is 20.0. The predicted octanol–water partition coefficient (Wildman–Crippen LogP) is 2.70. The van der Waals surface area contributed by atoms with Crippen LogP contribution < -0.4 is 16.3 Å². The van der Waals surface area contributed by atoms with E-state index in [1.807, 2.05) is 6.92 Å². The maximum Gasteiger partial charge on any atom is 0.329 e. The number of hydrogen-bond acceptors (Lipinski definition) is 7. The van der Waals surface area contributed by atoms with Crippen molar-refractivity contribution in [1.82, 2.24) is 10.3 Å². The van der Waals surface area contributed by atoms with Crippen LogP contribution in [0.1, 0.15) is 38.8 Å². The average molecular weight is 589 g/mol. The molecule has 8 nitrogen and oxygen atoms in total. The molecule has 1 saturated carbocycles. The summed E-state index contributed by atoms with van der Waals surface area (Å²) in [7, 11) is 0. The van der Waals surface area contributed by atoms with Crippen LogP contribution in [-0.4, -0.2) is 46.6 Å². The zero-order chi connectivity index (χ0) is 24.3. The molecule has 3 aliphatic rings. The van der Waals surface area contributed by atoms with Crippen molar-refractivity contribution in [2.24, 2.45) is 10.9 Å². The van der Waals surface area contributed by atoms with E-state index in [1.165, 1.54) is 6.92 Å². The predicted molar refractivity (Wildman–Crippen MR) is 128 cm³/mol. The molecule has 0 bridgehead atoms. The summed E-state index contributed by atoms with van der Waals surface area (Å²) < 4.78 is 46.6. The van der Waals surface area contributed by atoms with E-state index in [0.717, 1.165) is 35.4 Å². The van der Waals surface area contributed by atoms with Gasteiger partial charge in [-0.2, -0.15) is 8.78 Å². The van der Waals surface area contributed by atoms with Crippen LogP contribution in [0.3, 0.4) is 0 Å². The number of fused-ring (bicyclic) bond motifs is 1. The molecule has 1 aliphatic heterocycles. The molecule has 1 N–H and O–H groups in total. The lowest BCUT2D eigenvalue weighted by atomic mass is 10.1. The van der Waals surface area contributed by atoms with Crippen molar-refractivity contribution in [3.8, 4) is 0 Å². The third kappa shape index (κ3) is 7.03. The normalized spacial score (nSPS) is 20.2. The summed E-state index contributed by atoms with van der Waals surface area (Å²) in [6.07, 6.45) is 7.81. The Kier molecular flexibility index (Phi) is 7.58. The number of nitrogens with one attached hydrogen (secondary N) is 1. The highest BCUT2D eigenvalue weighted by molar-refractivity contribution is 14.1. The smallest absolute Gasteiger partial charge is 0.329 e. The van der Waals surface area contributed by atoms with Gasteiger partial charge in [-0.05, 0) is 44.3 Å². The minimum Gasteiger partial charge on any atom is -0.490 e. The maximum absolute atomic E-state index is 13.4. The largest absolute Gasteiger partial charge is 0.490 e. The highest BCUT2D eigenvalue weighted by Gasteiger charge is 2.28. The van der Waals surface area contributed by atoms with Gasteiger partial charge in [0.15, 0.2) is 23.5 Å². The lowest BCUT2D eigenvalue weighted by Gasteiger charge is -2.20. The van der Waals surface area contributed by atoms with Gasteiger partial charge >= 0.3 is 3.93 Å². The van der Waals surface area contributed by atoms with Crippen molar-refractivity contribution in [3.63, 3.8) is 0 Å². The standard InChI is InChI=1S/C23H26F2IN3O5/c1-13(28-14(2)30)10-32-21-8-19-17(9-27-21)29-22(34-19)16-5-6-18(31-11-15-3-4-15)20(7-16)33-12-23(24,25)26/h6-8,13,15H,3-5,9-12H2,1-2H3,(H,28,30)/t13-/m0/s1. The third-order valence-electron chi connectivity index (χ3n) is 5.19. The molecule has 34 heavy (non-hydrogen) atoms. The summed E-state index contributed by atoms with van der Waals surface area (Å²) in [5.41, 5.74) is 2.23. The lowest BCUT2D eigenvalue weighted by molar-refractivity contribution is -0.119. The number of carbonyl (C=O) groups is 1. The van der Waals surface area contributed by atoms with E-state index in [1.54, 1.807) is 18.2 Å². The molecule has 4 rings (SSSR count). The first-order chi connectivity index (χ1) is 16.2. The van der Waals surface area contributed by atoms with E-state index in [9.17, 15) is 13.6 Å². The van der Waals surface area contributed by atoms with Gasteiger partial charge in [0.1, 0.15) is 12.3 Å². The quantitative estimate of drug-likeness (QED) is 0.352. The van der Waals surface area contributed by atoms with E-state index in [-0.39, 0.29) is 30.9 Å². The van der Waals surface area contributed by atoms with E-state index in [2.05, 4.69) is 15.3 Å². The molecule has 1 atom stereocenters. The number of hydrogen-bond donors (Lipinski definition) is 1. The van der Waals surface area contributed by atoms with Gasteiger partial charge in [0.2, 0.25) is 17.4 Å². The van der Waals surface area contributed by atoms with Gasteiger partial charge in [-0.3, -0.25) is 4.79 Å². The van der Waals surface area contributed by atoms with Gasteiger partial charge in [0, 0.05) is 41.2 Å². The van der Waals surface area contributed by atoms with E-state index in [4.69, 9.17) is 18.6 Å². The van der Waals surface area contributed by atoms with Crippen molar-refractivity contribution in [2.45, 2.75) is 49.6 Å². The van der Waals surface area contributed by atoms with E-state index >= 15 is 0 Å². The van der Waals surface area contributed by atoms with Gasteiger partial charge in [-0.25, -0.2) is 9.98 Å². The highest BCUT2D eigenvalue weighted by Crippen LogP contribution is 2.33. The summed E-state index contributed by atoms with van der Waals surface area (Å²) in [6, 6.07) is -0.167. The van der Waals surface area contributed by atoms with Crippen molar-refractivity contribution < 1.29 is 32.2 Å². The molecular weight excluding hydrogens is 563 g/mol. The Labute approximate surface area is 209 Å². The number of oxazole rings is 1. The zero-order valence-electron chi connectivity index (χ0n) is 18.9.